The highest BCUT2D eigenvalue weighted by atomic mass is 19.1. The van der Waals surface area contributed by atoms with Gasteiger partial charge in [0.15, 0.2) is 0 Å². The summed E-state index contributed by atoms with van der Waals surface area (Å²) in [4.78, 5) is 20.4. The van der Waals surface area contributed by atoms with E-state index >= 15 is 0 Å². The molecule has 8 heteroatoms. The van der Waals surface area contributed by atoms with Gasteiger partial charge in [0, 0.05) is 42.8 Å². The summed E-state index contributed by atoms with van der Waals surface area (Å²) in [6, 6.07) is 9.37. The quantitative estimate of drug-likeness (QED) is 0.833. The minimum absolute atomic E-state index is 0.0252. The highest BCUT2D eigenvalue weighted by Gasteiger charge is 2.36. The molecule has 2 aliphatic rings. The van der Waals surface area contributed by atoms with Crippen molar-refractivity contribution >= 4 is 22.5 Å². The Labute approximate surface area is 169 Å². The van der Waals surface area contributed by atoms with Crippen molar-refractivity contribution in [2.24, 2.45) is 0 Å². The Morgan fingerprint density at radius 3 is 3.07 bits per heavy atom. The number of amides is 1. The van der Waals surface area contributed by atoms with Crippen molar-refractivity contribution in [3.05, 3.63) is 30.5 Å². The number of fused-ring (bicyclic) bond motifs is 1. The van der Waals surface area contributed by atoms with Gasteiger partial charge in [-0.1, -0.05) is 0 Å². The number of carbonyl (C=O) groups excluding carboxylic acids is 1. The van der Waals surface area contributed by atoms with Crippen molar-refractivity contribution in [3.8, 4) is 11.8 Å². The molecule has 152 valence electrons. The minimum Gasteiger partial charge on any atom is -0.494 e. The molecule has 1 unspecified atom stereocenters. The first-order valence-corrected chi connectivity index (χ1v) is 9.83. The highest BCUT2D eigenvalue weighted by molar-refractivity contribution is 5.95. The maximum atomic E-state index is 13.6. The van der Waals surface area contributed by atoms with Crippen LogP contribution in [-0.4, -0.2) is 72.2 Å². The fourth-order valence-electron chi connectivity index (χ4n) is 4.22. The molecule has 0 spiro atoms. The van der Waals surface area contributed by atoms with Crippen molar-refractivity contribution in [1.29, 1.82) is 5.26 Å². The summed E-state index contributed by atoms with van der Waals surface area (Å²) in [6.45, 7) is 1.73. The summed E-state index contributed by atoms with van der Waals surface area (Å²) >= 11 is 0. The largest absolute Gasteiger partial charge is 0.494 e. The highest BCUT2D eigenvalue weighted by Crippen LogP contribution is 2.31. The van der Waals surface area contributed by atoms with Gasteiger partial charge in [-0.15, -0.1) is 0 Å². The van der Waals surface area contributed by atoms with Crippen molar-refractivity contribution < 1.29 is 13.9 Å². The molecule has 29 heavy (non-hydrogen) atoms. The fourth-order valence-corrected chi connectivity index (χ4v) is 4.22. The lowest BCUT2D eigenvalue weighted by Gasteiger charge is -2.23. The van der Waals surface area contributed by atoms with Crippen LogP contribution < -0.4 is 10.1 Å². The molecular formula is C21H24FN5O2. The molecular weight excluding hydrogens is 373 g/mol. The number of hydrogen-bond acceptors (Lipinski definition) is 6. The van der Waals surface area contributed by atoms with Gasteiger partial charge in [-0.3, -0.25) is 14.7 Å². The third kappa shape index (κ3) is 3.96. The van der Waals surface area contributed by atoms with Crippen LogP contribution in [0.4, 0.5) is 10.1 Å². The van der Waals surface area contributed by atoms with Crippen LogP contribution in [0.25, 0.3) is 10.9 Å². The summed E-state index contributed by atoms with van der Waals surface area (Å²) in [5.41, 5.74) is 1.79. The van der Waals surface area contributed by atoms with Crippen LogP contribution in [0.2, 0.25) is 0 Å². The van der Waals surface area contributed by atoms with Gasteiger partial charge < -0.3 is 15.0 Å². The lowest BCUT2D eigenvalue weighted by Crippen LogP contribution is -2.42. The summed E-state index contributed by atoms with van der Waals surface area (Å²) in [7, 11) is 1.63. The van der Waals surface area contributed by atoms with Crippen molar-refractivity contribution in [2.45, 2.75) is 31.1 Å². The maximum Gasteiger partial charge on any atom is 0.237 e. The lowest BCUT2D eigenvalue weighted by atomic mass is 10.1. The number of likely N-dealkylation sites (tertiary alicyclic amines) is 2. The second-order valence-corrected chi connectivity index (χ2v) is 7.60. The molecule has 0 radical (unpaired) electrons. The topological polar surface area (TPSA) is 81.5 Å². The SMILES string of the molecule is COc1ccc(N[C@H]2CCN(CC(=O)N3C[C@@H](F)CC3C#N)C2)c2cccnc12. The molecule has 1 aromatic heterocycles. The number of benzene rings is 1. The van der Waals surface area contributed by atoms with Crippen LogP contribution in [0.15, 0.2) is 30.5 Å². The van der Waals surface area contributed by atoms with Crippen LogP contribution in [-0.2, 0) is 4.79 Å². The fraction of sp³-hybridized carbons (Fsp3) is 0.476. The Bertz CT molecular complexity index is 946. The number of nitrogens with zero attached hydrogens (tertiary/aromatic N) is 4. The second kappa shape index (κ2) is 8.21. The van der Waals surface area contributed by atoms with E-state index in [-0.39, 0.29) is 31.5 Å². The number of pyridine rings is 1. The number of halogens is 1. The van der Waals surface area contributed by atoms with E-state index in [4.69, 9.17) is 10.00 Å². The third-order valence-electron chi connectivity index (χ3n) is 5.66. The van der Waals surface area contributed by atoms with Gasteiger partial charge in [-0.2, -0.15) is 5.26 Å². The Morgan fingerprint density at radius 2 is 2.28 bits per heavy atom. The zero-order valence-corrected chi connectivity index (χ0v) is 16.3. The van der Waals surface area contributed by atoms with E-state index in [9.17, 15) is 9.18 Å². The number of rotatable bonds is 5. The van der Waals surface area contributed by atoms with E-state index < -0.39 is 12.2 Å². The van der Waals surface area contributed by atoms with E-state index in [1.165, 1.54) is 4.90 Å². The molecule has 1 amide bonds. The zero-order valence-electron chi connectivity index (χ0n) is 16.3. The third-order valence-corrected chi connectivity index (χ3v) is 5.66. The molecule has 3 atom stereocenters. The number of nitrogens with one attached hydrogen (secondary N) is 1. The molecule has 4 rings (SSSR count). The second-order valence-electron chi connectivity index (χ2n) is 7.60. The van der Waals surface area contributed by atoms with Gasteiger partial charge >= 0.3 is 0 Å². The van der Waals surface area contributed by atoms with Crippen LogP contribution in [0.5, 0.6) is 5.75 Å². The normalized spacial score (nSPS) is 24.6. The van der Waals surface area contributed by atoms with Crippen molar-refractivity contribution in [3.63, 3.8) is 0 Å². The Hall–Kier alpha value is -2.92. The van der Waals surface area contributed by atoms with E-state index in [2.05, 4.69) is 15.2 Å². The van der Waals surface area contributed by atoms with E-state index in [1.807, 2.05) is 30.3 Å². The molecule has 2 aromatic rings. The molecule has 7 nitrogen and oxygen atoms in total. The van der Waals surface area contributed by atoms with E-state index in [0.717, 1.165) is 35.3 Å². The molecule has 2 aliphatic heterocycles. The number of carbonyl (C=O) groups is 1. The van der Waals surface area contributed by atoms with Crippen LogP contribution in [0.1, 0.15) is 12.8 Å². The van der Waals surface area contributed by atoms with Crippen molar-refractivity contribution in [2.75, 3.05) is 38.6 Å². The predicted molar refractivity (Wildman–Crippen MR) is 107 cm³/mol. The molecule has 0 bridgehead atoms. The summed E-state index contributed by atoms with van der Waals surface area (Å²) in [6.07, 6.45) is 1.65. The van der Waals surface area contributed by atoms with Gasteiger partial charge in [0.25, 0.3) is 0 Å². The van der Waals surface area contributed by atoms with Crippen LogP contribution >= 0.6 is 0 Å². The number of ether oxygens (including phenoxy) is 1. The zero-order chi connectivity index (χ0) is 20.4. The number of hydrogen-bond donors (Lipinski definition) is 1. The average Bonchev–Trinajstić information content (AvgIpc) is 3.34. The minimum atomic E-state index is -1.10. The molecule has 1 N–H and O–H groups in total. The van der Waals surface area contributed by atoms with E-state index in [1.54, 1.807) is 13.3 Å². The molecule has 1 aromatic carbocycles. The maximum absolute atomic E-state index is 13.6. The summed E-state index contributed by atoms with van der Waals surface area (Å²) in [5.74, 6) is 0.560. The van der Waals surface area contributed by atoms with Gasteiger partial charge in [-0.25, -0.2) is 4.39 Å². The number of nitriles is 1. The number of alkyl halides is 1. The Kier molecular flexibility index (Phi) is 5.49. The van der Waals surface area contributed by atoms with Gasteiger partial charge in [0.1, 0.15) is 23.5 Å². The van der Waals surface area contributed by atoms with Crippen molar-refractivity contribution in [1.82, 2.24) is 14.8 Å². The predicted octanol–water partition coefficient (Wildman–Crippen LogP) is 2.19. The molecule has 0 aliphatic carbocycles. The number of anilines is 1. The Morgan fingerprint density at radius 1 is 1.41 bits per heavy atom. The first-order chi connectivity index (χ1) is 14.1. The molecule has 3 heterocycles. The summed E-state index contributed by atoms with van der Waals surface area (Å²) < 4.78 is 19.0. The first-order valence-electron chi connectivity index (χ1n) is 9.83. The molecule has 2 saturated heterocycles. The molecule has 0 saturated carbocycles. The average molecular weight is 397 g/mol. The monoisotopic (exact) mass is 397 g/mol. The number of aromatic nitrogens is 1. The van der Waals surface area contributed by atoms with E-state index in [0.29, 0.717) is 6.54 Å². The number of methoxy groups -OCH3 is 1. The van der Waals surface area contributed by atoms with Gasteiger partial charge in [-0.05, 0) is 30.7 Å². The van der Waals surface area contributed by atoms with Gasteiger partial charge in [0.2, 0.25) is 5.91 Å². The standard InChI is InChI=1S/C21H24FN5O2/c1-29-19-5-4-18(17-3-2-7-24-21(17)19)25-15-6-8-26(12-15)13-20(28)27-11-14(22)9-16(27)10-23/h2-5,7,14-16,25H,6,8-9,11-13H2,1H3/t14-,15-,16?/m0/s1. The van der Waals surface area contributed by atoms with Crippen LogP contribution in [0, 0.1) is 11.3 Å². The van der Waals surface area contributed by atoms with Crippen LogP contribution in [0.3, 0.4) is 0 Å². The van der Waals surface area contributed by atoms with Gasteiger partial charge in [0.05, 0.1) is 26.3 Å². The summed E-state index contributed by atoms with van der Waals surface area (Å²) in [5, 5.41) is 13.7. The smallest absolute Gasteiger partial charge is 0.237 e. The lowest BCUT2D eigenvalue weighted by molar-refractivity contribution is -0.132. The Balaban J connectivity index is 1.39. The molecule has 2 fully saturated rings. The first kappa shape index (κ1) is 19.4.